The maximum atomic E-state index is 13.0. The highest BCUT2D eigenvalue weighted by molar-refractivity contribution is 7.07. The van der Waals surface area contributed by atoms with Crippen LogP contribution in [0.1, 0.15) is 36.8 Å². The van der Waals surface area contributed by atoms with E-state index in [2.05, 4.69) is 32.0 Å². The molecule has 148 valence electrons. The fraction of sp³-hybridized carbons (Fsp3) is 0.500. The van der Waals surface area contributed by atoms with E-state index in [-0.39, 0.29) is 24.8 Å². The molecule has 0 bridgehead atoms. The fourth-order valence-electron chi connectivity index (χ4n) is 4.12. The van der Waals surface area contributed by atoms with Crippen molar-refractivity contribution in [3.8, 4) is 0 Å². The van der Waals surface area contributed by atoms with Crippen LogP contribution in [-0.4, -0.2) is 34.9 Å². The Kier molecular flexibility index (Phi) is 8.10. The molecule has 1 saturated heterocycles. The lowest BCUT2D eigenvalue weighted by Gasteiger charge is -2.29. The van der Waals surface area contributed by atoms with Crippen molar-refractivity contribution < 1.29 is 4.79 Å². The summed E-state index contributed by atoms with van der Waals surface area (Å²) in [5, 5.41) is 7.72. The van der Waals surface area contributed by atoms with Gasteiger partial charge in [-0.05, 0) is 84.3 Å². The summed E-state index contributed by atoms with van der Waals surface area (Å²) in [6.45, 7) is 2.94. The Morgan fingerprint density at radius 1 is 1.19 bits per heavy atom. The van der Waals surface area contributed by atoms with Crippen LogP contribution in [-0.2, 0) is 17.8 Å². The number of aromatic nitrogens is 1. The number of hydrogen-bond acceptors (Lipinski definition) is 4. The Morgan fingerprint density at radius 2 is 1.93 bits per heavy atom. The molecule has 2 aromatic rings. The van der Waals surface area contributed by atoms with E-state index in [0.717, 1.165) is 26.1 Å². The first-order valence-corrected chi connectivity index (χ1v) is 10.1. The van der Waals surface area contributed by atoms with Gasteiger partial charge in [-0.1, -0.05) is 0 Å². The highest BCUT2D eigenvalue weighted by atomic mass is 35.5. The first kappa shape index (κ1) is 22.2. The first-order chi connectivity index (χ1) is 12.3. The van der Waals surface area contributed by atoms with Gasteiger partial charge in [-0.2, -0.15) is 11.3 Å². The molecule has 27 heavy (non-hydrogen) atoms. The standard InChI is InChI=1S/C20H25N3OS.2ClH/c24-19(2-1-16-3-8-21-9-4-16)23(14-17-5-12-25-15-17)18-13-20(18)6-10-22-11-7-20;;/h3-5,8-9,12,15,18,22H,1-2,6-7,10-11,13-14H2;2*1H. The Balaban J connectivity index is 0.00000131. The molecule has 2 aliphatic rings. The lowest BCUT2D eigenvalue weighted by atomic mass is 9.93. The molecular weight excluding hydrogens is 401 g/mol. The second kappa shape index (κ2) is 9.87. The van der Waals surface area contributed by atoms with Crippen LogP contribution in [0.3, 0.4) is 0 Å². The van der Waals surface area contributed by atoms with Crippen molar-refractivity contribution >= 4 is 42.1 Å². The number of nitrogens with zero attached hydrogens (tertiary/aromatic N) is 2. The zero-order valence-corrected chi connectivity index (χ0v) is 17.8. The Labute approximate surface area is 177 Å². The van der Waals surface area contributed by atoms with Gasteiger partial charge in [-0.15, -0.1) is 24.8 Å². The maximum absolute atomic E-state index is 13.0. The summed E-state index contributed by atoms with van der Waals surface area (Å²) < 4.78 is 0. The predicted octanol–water partition coefficient (Wildman–Crippen LogP) is 4.09. The van der Waals surface area contributed by atoms with Gasteiger partial charge in [-0.25, -0.2) is 0 Å². The van der Waals surface area contributed by atoms with Gasteiger partial charge in [0, 0.05) is 31.4 Å². The largest absolute Gasteiger partial charge is 0.335 e. The third kappa shape index (κ3) is 5.23. The fourth-order valence-corrected chi connectivity index (χ4v) is 4.78. The summed E-state index contributed by atoms with van der Waals surface area (Å²) in [5.74, 6) is 0.295. The quantitative estimate of drug-likeness (QED) is 0.754. The van der Waals surface area contributed by atoms with Gasteiger partial charge < -0.3 is 10.2 Å². The van der Waals surface area contributed by atoms with Gasteiger partial charge in [0.25, 0.3) is 0 Å². The molecule has 4 nitrogen and oxygen atoms in total. The molecule has 0 aromatic carbocycles. The second-order valence-corrected chi connectivity index (χ2v) is 8.12. The summed E-state index contributed by atoms with van der Waals surface area (Å²) in [5.41, 5.74) is 2.83. The minimum absolute atomic E-state index is 0. The summed E-state index contributed by atoms with van der Waals surface area (Å²) in [6.07, 6.45) is 8.56. The molecule has 0 radical (unpaired) electrons. The number of piperidine rings is 1. The summed E-state index contributed by atoms with van der Waals surface area (Å²) >= 11 is 1.71. The van der Waals surface area contributed by atoms with Crippen LogP contribution in [0.15, 0.2) is 41.4 Å². The van der Waals surface area contributed by atoms with Gasteiger partial charge in [0.2, 0.25) is 5.91 Å². The molecule has 3 heterocycles. The van der Waals surface area contributed by atoms with E-state index in [4.69, 9.17) is 0 Å². The predicted molar refractivity (Wildman–Crippen MR) is 115 cm³/mol. The molecule has 1 atom stereocenters. The second-order valence-electron chi connectivity index (χ2n) is 7.34. The minimum Gasteiger partial charge on any atom is -0.335 e. The number of pyridine rings is 1. The van der Waals surface area contributed by atoms with E-state index >= 15 is 0 Å². The molecule has 2 aromatic heterocycles. The smallest absolute Gasteiger partial charge is 0.223 e. The van der Waals surface area contributed by atoms with Crippen LogP contribution >= 0.6 is 36.2 Å². The number of rotatable bonds is 6. The molecule has 1 unspecified atom stereocenters. The van der Waals surface area contributed by atoms with E-state index in [0.29, 0.717) is 23.8 Å². The molecule has 1 aliphatic heterocycles. The average Bonchev–Trinajstić information content (AvgIpc) is 3.08. The third-order valence-corrected chi connectivity index (χ3v) is 6.48. The van der Waals surface area contributed by atoms with Crippen molar-refractivity contribution in [1.29, 1.82) is 0 Å². The molecule has 1 aliphatic carbocycles. The molecule has 1 saturated carbocycles. The van der Waals surface area contributed by atoms with Crippen molar-refractivity contribution in [2.75, 3.05) is 13.1 Å². The molecule has 1 amide bonds. The number of carbonyl (C=O) groups is 1. The summed E-state index contributed by atoms with van der Waals surface area (Å²) in [7, 11) is 0. The van der Waals surface area contributed by atoms with Crippen molar-refractivity contribution in [2.45, 2.75) is 44.7 Å². The molecule has 2 fully saturated rings. The van der Waals surface area contributed by atoms with Crippen LogP contribution in [0.5, 0.6) is 0 Å². The van der Waals surface area contributed by atoms with Gasteiger partial charge in [0.1, 0.15) is 0 Å². The minimum atomic E-state index is 0. The van der Waals surface area contributed by atoms with E-state index < -0.39 is 0 Å². The van der Waals surface area contributed by atoms with Gasteiger partial charge in [-0.3, -0.25) is 9.78 Å². The van der Waals surface area contributed by atoms with Gasteiger partial charge in [0.15, 0.2) is 0 Å². The lowest BCUT2D eigenvalue weighted by Crippen LogP contribution is -2.39. The van der Waals surface area contributed by atoms with Crippen molar-refractivity contribution in [3.63, 3.8) is 0 Å². The number of carbonyl (C=O) groups excluding carboxylic acids is 1. The summed E-state index contributed by atoms with van der Waals surface area (Å²) in [4.78, 5) is 19.3. The van der Waals surface area contributed by atoms with E-state index in [1.54, 1.807) is 23.7 Å². The zero-order chi connectivity index (χ0) is 17.1. The number of hydrogen-bond donors (Lipinski definition) is 1. The zero-order valence-electron chi connectivity index (χ0n) is 15.3. The number of thiophene rings is 1. The van der Waals surface area contributed by atoms with E-state index in [1.165, 1.54) is 30.4 Å². The van der Waals surface area contributed by atoms with Crippen LogP contribution in [0, 0.1) is 5.41 Å². The molecule has 4 rings (SSSR count). The van der Waals surface area contributed by atoms with Crippen LogP contribution in [0.4, 0.5) is 0 Å². The SMILES string of the molecule is Cl.Cl.O=C(CCc1ccncc1)N(Cc1ccsc1)C1CC12CCNCC2. The first-order valence-electron chi connectivity index (χ1n) is 9.17. The molecule has 1 N–H and O–H groups in total. The van der Waals surface area contributed by atoms with Crippen LogP contribution in [0.2, 0.25) is 0 Å². The Bertz CT molecular complexity index is 705. The normalized spacial score (nSPS) is 19.6. The topological polar surface area (TPSA) is 45.2 Å². The number of nitrogens with one attached hydrogen (secondary N) is 1. The highest BCUT2D eigenvalue weighted by Gasteiger charge is 2.57. The lowest BCUT2D eigenvalue weighted by molar-refractivity contribution is -0.133. The average molecular weight is 428 g/mol. The van der Waals surface area contributed by atoms with Gasteiger partial charge >= 0.3 is 0 Å². The monoisotopic (exact) mass is 427 g/mol. The van der Waals surface area contributed by atoms with E-state index in [1.807, 2.05) is 12.1 Å². The molecular formula is C20H27Cl2N3OS. The number of halogens is 2. The highest BCUT2D eigenvalue weighted by Crippen LogP contribution is 2.56. The van der Waals surface area contributed by atoms with Crippen molar-refractivity contribution in [3.05, 3.63) is 52.5 Å². The van der Waals surface area contributed by atoms with Gasteiger partial charge in [0.05, 0.1) is 0 Å². The number of aryl methyl sites for hydroxylation is 1. The molecule has 1 spiro atoms. The Hall–Kier alpha value is -1.14. The summed E-state index contributed by atoms with van der Waals surface area (Å²) in [6, 6.07) is 6.58. The number of amides is 1. The van der Waals surface area contributed by atoms with Crippen molar-refractivity contribution in [1.82, 2.24) is 15.2 Å². The van der Waals surface area contributed by atoms with Crippen LogP contribution in [0.25, 0.3) is 0 Å². The maximum Gasteiger partial charge on any atom is 0.223 e. The molecule has 7 heteroatoms. The van der Waals surface area contributed by atoms with E-state index in [9.17, 15) is 4.79 Å². The third-order valence-electron chi connectivity index (χ3n) is 5.75. The van der Waals surface area contributed by atoms with Crippen LogP contribution < -0.4 is 5.32 Å². The Morgan fingerprint density at radius 3 is 2.59 bits per heavy atom. The van der Waals surface area contributed by atoms with Crippen molar-refractivity contribution in [2.24, 2.45) is 5.41 Å².